The largest absolute Gasteiger partial charge is 0.497 e. The SMILES string of the molecule is CC[C@]1(C(C)=O)CC[C@H]2[C@@H]3CC=C4CC(O)(OCc5ccc(OC)cc5)CC[C@]4(C)[C@H]3CC[C@@]21C. The molecule has 7 atom stereocenters. The summed E-state index contributed by atoms with van der Waals surface area (Å²) in [5.74, 6) is 2.08. The van der Waals surface area contributed by atoms with Crippen molar-refractivity contribution in [3.05, 3.63) is 41.5 Å². The first-order valence-corrected chi connectivity index (χ1v) is 13.8. The lowest BCUT2D eigenvalue weighted by Crippen LogP contribution is -2.55. The smallest absolute Gasteiger partial charge is 0.169 e. The first-order chi connectivity index (χ1) is 16.6. The topological polar surface area (TPSA) is 55.8 Å². The zero-order valence-corrected chi connectivity index (χ0v) is 22.4. The van der Waals surface area contributed by atoms with Gasteiger partial charge in [0.05, 0.1) is 13.7 Å². The van der Waals surface area contributed by atoms with Crippen LogP contribution in [0.4, 0.5) is 0 Å². The molecule has 0 bridgehead atoms. The van der Waals surface area contributed by atoms with Gasteiger partial charge >= 0.3 is 0 Å². The van der Waals surface area contributed by atoms with Gasteiger partial charge in [0.25, 0.3) is 0 Å². The Morgan fingerprint density at radius 2 is 1.77 bits per heavy atom. The fourth-order valence-electron chi connectivity index (χ4n) is 9.22. The van der Waals surface area contributed by atoms with E-state index in [1.165, 1.54) is 18.4 Å². The molecule has 192 valence electrons. The average Bonchev–Trinajstić information content (AvgIpc) is 3.17. The Morgan fingerprint density at radius 1 is 1.06 bits per heavy atom. The summed E-state index contributed by atoms with van der Waals surface area (Å²) >= 11 is 0. The molecule has 1 aromatic carbocycles. The van der Waals surface area contributed by atoms with Gasteiger partial charge in [0.2, 0.25) is 0 Å². The van der Waals surface area contributed by atoms with E-state index < -0.39 is 5.79 Å². The standard InChI is InChI=1S/C31H44O4/c1-6-30(21(2)32)16-14-27-25-12-9-23-19-31(33,35-20-22-7-10-24(34-5)11-8-22)18-17-28(23,3)26(25)13-15-29(27,30)4/h7-11,25-27,33H,6,12-20H2,1-5H3/t25-,26+,27+,28+,29+,30-,31?/m1/s1. The quantitative estimate of drug-likeness (QED) is 0.357. The molecular weight excluding hydrogens is 436 g/mol. The van der Waals surface area contributed by atoms with Crippen molar-refractivity contribution in [1.29, 1.82) is 0 Å². The minimum atomic E-state index is -1.10. The van der Waals surface area contributed by atoms with Crippen molar-refractivity contribution in [1.82, 2.24) is 0 Å². The number of hydrogen-bond donors (Lipinski definition) is 1. The Balaban J connectivity index is 1.33. The summed E-state index contributed by atoms with van der Waals surface area (Å²) in [6, 6.07) is 7.86. The molecule has 1 N–H and O–H groups in total. The Bertz CT molecular complexity index is 998. The first kappa shape index (κ1) is 25.0. The van der Waals surface area contributed by atoms with Crippen LogP contribution in [0.25, 0.3) is 0 Å². The van der Waals surface area contributed by atoms with Gasteiger partial charge in [0.15, 0.2) is 5.79 Å². The van der Waals surface area contributed by atoms with Crippen molar-refractivity contribution >= 4 is 5.78 Å². The molecule has 1 unspecified atom stereocenters. The van der Waals surface area contributed by atoms with Gasteiger partial charge in [0.1, 0.15) is 11.5 Å². The van der Waals surface area contributed by atoms with Crippen LogP contribution in [0, 0.1) is 34.0 Å². The molecule has 3 saturated carbocycles. The molecule has 0 aliphatic heterocycles. The van der Waals surface area contributed by atoms with Crippen LogP contribution >= 0.6 is 0 Å². The van der Waals surface area contributed by atoms with E-state index in [2.05, 4.69) is 26.8 Å². The highest BCUT2D eigenvalue weighted by atomic mass is 16.6. The van der Waals surface area contributed by atoms with E-state index in [0.717, 1.165) is 43.4 Å². The summed E-state index contributed by atoms with van der Waals surface area (Å²) in [7, 11) is 1.67. The molecule has 0 spiro atoms. The molecule has 0 amide bonds. The van der Waals surface area contributed by atoms with E-state index in [0.29, 0.717) is 43.0 Å². The highest BCUT2D eigenvalue weighted by Gasteiger charge is 2.65. The second-order valence-corrected chi connectivity index (χ2v) is 12.5. The van der Waals surface area contributed by atoms with Gasteiger partial charge in [-0.25, -0.2) is 0 Å². The number of aliphatic hydroxyl groups is 1. The van der Waals surface area contributed by atoms with Crippen LogP contribution in [0.2, 0.25) is 0 Å². The predicted octanol–water partition coefficient (Wildman–Crippen LogP) is 6.85. The number of Topliss-reactive ketones (excluding diaryl/α,β-unsaturated/α-hetero) is 1. The number of hydrogen-bond acceptors (Lipinski definition) is 4. The van der Waals surface area contributed by atoms with Gasteiger partial charge in [-0.05, 0) is 98.1 Å². The van der Waals surface area contributed by atoms with Gasteiger partial charge in [-0.15, -0.1) is 0 Å². The summed E-state index contributed by atoms with van der Waals surface area (Å²) in [6.45, 7) is 9.38. The number of ether oxygens (including phenoxy) is 2. The van der Waals surface area contributed by atoms with Crippen LogP contribution in [0.15, 0.2) is 35.9 Å². The molecule has 0 radical (unpaired) electrons. The van der Waals surface area contributed by atoms with Crippen molar-refractivity contribution in [2.24, 2.45) is 34.0 Å². The van der Waals surface area contributed by atoms with Gasteiger partial charge in [-0.1, -0.05) is 44.6 Å². The molecule has 0 aromatic heterocycles. The molecule has 3 fully saturated rings. The Kier molecular flexibility index (Phi) is 6.24. The van der Waals surface area contributed by atoms with E-state index in [4.69, 9.17) is 9.47 Å². The van der Waals surface area contributed by atoms with E-state index in [1.807, 2.05) is 31.2 Å². The number of carbonyl (C=O) groups is 1. The summed E-state index contributed by atoms with van der Waals surface area (Å²) in [5, 5.41) is 11.4. The predicted molar refractivity (Wildman–Crippen MR) is 138 cm³/mol. The van der Waals surface area contributed by atoms with Crippen LogP contribution in [0.3, 0.4) is 0 Å². The fraction of sp³-hybridized carbons (Fsp3) is 0.710. The lowest BCUT2D eigenvalue weighted by molar-refractivity contribution is -0.231. The lowest BCUT2D eigenvalue weighted by Gasteiger charge is -2.60. The lowest BCUT2D eigenvalue weighted by atomic mass is 9.45. The Labute approximate surface area is 211 Å². The van der Waals surface area contributed by atoms with Crippen molar-refractivity contribution in [3.63, 3.8) is 0 Å². The molecule has 4 aliphatic carbocycles. The summed E-state index contributed by atoms with van der Waals surface area (Å²) in [5.41, 5.74) is 2.58. The molecule has 1 aromatic rings. The van der Waals surface area contributed by atoms with Gasteiger partial charge in [-0.3, -0.25) is 4.79 Å². The maximum Gasteiger partial charge on any atom is 0.169 e. The van der Waals surface area contributed by atoms with Crippen LogP contribution in [0.5, 0.6) is 5.75 Å². The summed E-state index contributed by atoms with van der Waals surface area (Å²) in [4.78, 5) is 12.9. The summed E-state index contributed by atoms with van der Waals surface area (Å²) < 4.78 is 11.4. The monoisotopic (exact) mass is 480 g/mol. The van der Waals surface area contributed by atoms with Crippen LogP contribution in [-0.4, -0.2) is 23.8 Å². The third-order valence-electron chi connectivity index (χ3n) is 11.4. The summed E-state index contributed by atoms with van der Waals surface area (Å²) in [6.07, 6.45) is 11.4. The third-order valence-corrected chi connectivity index (χ3v) is 11.4. The van der Waals surface area contributed by atoms with Gasteiger partial charge < -0.3 is 14.6 Å². The highest BCUT2D eigenvalue weighted by molar-refractivity contribution is 5.83. The number of allylic oxidation sites excluding steroid dienone is 1. The molecule has 4 aliphatic rings. The van der Waals surface area contributed by atoms with Crippen molar-refractivity contribution < 1.29 is 19.4 Å². The van der Waals surface area contributed by atoms with Crippen molar-refractivity contribution in [2.75, 3.05) is 7.11 Å². The number of rotatable bonds is 6. The zero-order chi connectivity index (χ0) is 25.1. The Hall–Kier alpha value is -1.65. The average molecular weight is 481 g/mol. The van der Waals surface area contributed by atoms with Crippen molar-refractivity contribution in [2.45, 2.75) is 97.9 Å². The second kappa shape index (κ2) is 8.73. The molecule has 35 heavy (non-hydrogen) atoms. The molecule has 5 rings (SSSR count). The maximum atomic E-state index is 12.9. The number of methoxy groups -OCH3 is 1. The molecule has 0 saturated heterocycles. The number of ketones is 1. The van der Waals surface area contributed by atoms with Crippen molar-refractivity contribution in [3.8, 4) is 5.75 Å². The number of carbonyl (C=O) groups excluding carboxylic acids is 1. The normalized spacial score (nSPS) is 42.5. The minimum absolute atomic E-state index is 0.129. The number of fused-ring (bicyclic) bond motifs is 5. The van der Waals surface area contributed by atoms with Crippen LogP contribution in [0.1, 0.15) is 91.0 Å². The maximum absolute atomic E-state index is 12.9. The molecule has 0 heterocycles. The second-order valence-electron chi connectivity index (χ2n) is 12.5. The zero-order valence-electron chi connectivity index (χ0n) is 22.4. The Morgan fingerprint density at radius 3 is 2.43 bits per heavy atom. The van der Waals surface area contributed by atoms with Gasteiger partial charge in [0, 0.05) is 18.3 Å². The van der Waals surface area contributed by atoms with E-state index >= 15 is 0 Å². The molecule has 4 nitrogen and oxygen atoms in total. The number of benzene rings is 1. The van der Waals surface area contributed by atoms with E-state index in [1.54, 1.807) is 7.11 Å². The highest BCUT2D eigenvalue weighted by Crippen LogP contribution is 2.70. The third kappa shape index (κ3) is 3.73. The first-order valence-electron chi connectivity index (χ1n) is 13.8. The molecular formula is C31H44O4. The van der Waals surface area contributed by atoms with E-state index in [9.17, 15) is 9.90 Å². The minimum Gasteiger partial charge on any atom is -0.497 e. The van der Waals surface area contributed by atoms with Crippen LogP contribution in [-0.2, 0) is 16.1 Å². The van der Waals surface area contributed by atoms with Gasteiger partial charge in [-0.2, -0.15) is 0 Å². The molecule has 4 heteroatoms. The van der Waals surface area contributed by atoms with E-state index in [-0.39, 0.29) is 16.2 Å². The fourth-order valence-corrected chi connectivity index (χ4v) is 9.22. The van der Waals surface area contributed by atoms with Crippen LogP contribution < -0.4 is 4.74 Å².